The van der Waals surface area contributed by atoms with Crippen LogP contribution in [-0.2, 0) is 16.0 Å². The second kappa shape index (κ2) is 15.4. The van der Waals surface area contributed by atoms with Gasteiger partial charge in [-0.3, -0.25) is 9.59 Å². The fraction of sp³-hybridized carbons (Fsp3) is 0.750. The number of carboxylic acid groups (broad SMARTS) is 1. The van der Waals surface area contributed by atoms with Crippen molar-refractivity contribution < 1.29 is 24.2 Å². The van der Waals surface area contributed by atoms with E-state index in [1.54, 1.807) is 0 Å². The molecule has 1 aromatic carbocycles. The van der Waals surface area contributed by atoms with Crippen molar-refractivity contribution in [3.63, 3.8) is 0 Å². The van der Waals surface area contributed by atoms with Crippen LogP contribution in [0.2, 0.25) is 0 Å². The summed E-state index contributed by atoms with van der Waals surface area (Å²) < 4.78 is 12.1. The second-order valence-corrected chi connectivity index (χ2v) is 12.1. The SMILES string of the molecule is Cc1c(C)c2c(c(C)c1OC(=O)CCC(=O)O)CC[C@@H](CCC[C@H](C)CCC[C@H](C)CCCC(C)C)O2. The lowest BCUT2D eigenvalue weighted by molar-refractivity contribution is -0.142. The average molecular weight is 517 g/mol. The van der Waals surface area contributed by atoms with Gasteiger partial charge in [-0.05, 0) is 80.9 Å². The number of carbonyl (C=O) groups is 2. The fourth-order valence-corrected chi connectivity index (χ4v) is 5.55. The summed E-state index contributed by atoms with van der Waals surface area (Å²) in [5.74, 6) is 2.46. The molecular weight excluding hydrogens is 464 g/mol. The molecule has 1 aliphatic heterocycles. The van der Waals surface area contributed by atoms with Crippen molar-refractivity contribution in [3.8, 4) is 11.5 Å². The van der Waals surface area contributed by atoms with E-state index >= 15 is 0 Å². The van der Waals surface area contributed by atoms with Gasteiger partial charge in [0.1, 0.15) is 11.5 Å². The summed E-state index contributed by atoms with van der Waals surface area (Å²) in [6, 6.07) is 0. The maximum Gasteiger partial charge on any atom is 0.311 e. The number of aliphatic carboxylic acids is 1. The molecule has 0 unspecified atom stereocenters. The van der Waals surface area contributed by atoms with E-state index in [9.17, 15) is 9.59 Å². The predicted octanol–water partition coefficient (Wildman–Crippen LogP) is 8.51. The molecule has 210 valence electrons. The first-order valence-corrected chi connectivity index (χ1v) is 14.7. The van der Waals surface area contributed by atoms with E-state index in [0.29, 0.717) is 5.75 Å². The van der Waals surface area contributed by atoms with Gasteiger partial charge in [0.15, 0.2) is 0 Å². The van der Waals surface area contributed by atoms with E-state index in [1.807, 2.05) is 20.8 Å². The molecule has 1 aromatic rings. The number of hydrogen-bond acceptors (Lipinski definition) is 4. The molecule has 0 aromatic heterocycles. The zero-order valence-corrected chi connectivity index (χ0v) is 24.6. The molecule has 0 radical (unpaired) electrons. The summed E-state index contributed by atoms with van der Waals surface area (Å²) in [5, 5.41) is 8.83. The number of hydrogen-bond donors (Lipinski definition) is 1. The molecule has 0 saturated heterocycles. The number of rotatable bonds is 16. The Labute approximate surface area is 225 Å². The Morgan fingerprint density at radius 1 is 0.865 bits per heavy atom. The molecule has 0 amide bonds. The van der Waals surface area contributed by atoms with Gasteiger partial charge < -0.3 is 14.6 Å². The normalized spacial score (nSPS) is 16.7. The van der Waals surface area contributed by atoms with Crippen LogP contribution in [0.1, 0.15) is 127 Å². The molecule has 1 aliphatic rings. The third-order valence-electron chi connectivity index (χ3n) is 8.17. The van der Waals surface area contributed by atoms with Crippen LogP contribution in [0.3, 0.4) is 0 Å². The minimum absolute atomic E-state index is 0.126. The number of carbonyl (C=O) groups excluding carboxylic acids is 1. The number of benzene rings is 1. The lowest BCUT2D eigenvalue weighted by atomic mass is 9.89. The van der Waals surface area contributed by atoms with Gasteiger partial charge in [0.05, 0.1) is 18.9 Å². The van der Waals surface area contributed by atoms with Gasteiger partial charge in [0, 0.05) is 5.56 Å². The van der Waals surface area contributed by atoms with Gasteiger partial charge in [-0.1, -0.05) is 72.6 Å². The maximum absolute atomic E-state index is 12.2. The Morgan fingerprint density at radius 2 is 1.46 bits per heavy atom. The maximum atomic E-state index is 12.2. The molecule has 0 saturated carbocycles. The fourth-order valence-electron chi connectivity index (χ4n) is 5.55. The molecule has 2 rings (SSSR count). The van der Waals surface area contributed by atoms with E-state index in [4.69, 9.17) is 14.6 Å². The van der Waals surface area contributed by atoms with Crippen LogP contribution in [0.15, 0.2) is 0 Å². The summed E-state index contributed by atoms with van der Waals surface area (Å²) in [5.41, 5.74) is 3.97. The van der Waals surface area contributed by atoms with Crippen LogP contribution in [0.5, 0.6) is 11.5 Å². The van der Waals surface area contributed by atoms with Gasteiger partial charge in [-0.15, -0.1) is 0 Å². The summed E-state index contributed by atoms with van der Waals surface area (Å²) >= 11 is 0. The largest absolute Gasteiger partial charge is 0.490 e. The zero-order chi connectivity index (χ0) is 27.5. The monoisotopic (exact) mass is 516 g/mol. The summed E-state index contributed by atoms with van der Waals surface area (Å²) in [6.07, 6.45) is 13.5. The minimum atomic E-state index is -0.997. The van der Waals surface area contributed by atoms with Crippen LogP contribution in [0, 0.1) is 38.5 Å². The Balaban J connectivity index is 1.80. The first kappa shape index (κ1) is 31.2. The van der Waals surface area contributed by atoms with Gasteiger partial charge in [0.2, 0.25) is 0 Å². The van der Waals surface area contributed by atoms with Crippen LogP contribution in [0.25, 0.3) is 0 Å². The molecule has 3 atom stereocenters. The summed E-state index contributed by atoms with van der Waals surface area (Å²) in [4.78, 5) is 22.9. The molecule has 5 heteroatoms. The van der Waals surface area contributed by atoms with Gasteiger partial charge in [0.25, 0.3) is 0 Å². The molecule has 1 heterocycles. The van der Waals surface area contributed by atoms with E-state index in [-0.39, 0.29) is 18.9 Å². The van der Waals surface area contributed by atoms with Crippen molar-refractivity contribution in [2.24, 2.45) is 17.8 Å². The van der Waals surface area contributed by atoms with Crippen LogP contribution in [0.4, 0.5) is 0 Å². The van der Waals surface area contributed by atoms with Crippen molar-refractivity contribution in [3.05, 3.63) is 22.3 Å². The van der Waals surface area contributed by atoms with E-state index in [1.165, 1.54) is 51.4 Å². The lowest BCUT2D eigenvalue weighted by Gasteiger charge is -2.31. The molecule has 37 heavy (non-hydrogen) atoms. The summed E-state index contributed by atoms with van der Waals surface area (Å²) in [6.45, 7) is 15.4. The topological polar surface area (TPSA) is 72.8 Å². The van der Waals surface area contributed by atoms with Crippen LogP contribution >= 0.6 is 0 Å². The van der Waals surface area contributed by atoms with Crippen molar-refractivity contribution in [1.29, 1.82) is 0 Å². The molecule has 0 fully saturated rings. The van der Waals surface area contributed by atoms with E-state index < -0.39 is 11.9 Å². The van der Waals surface area contributed by atoms with E-state index in [2.05, 4.69) is 27.7 Å². The molecule has 0 spiro atoms. The molecule has 5 nitrogen and oxygen atoms in total. The Kier molecular flexibility index (Phi) is 13.0. The van der Waals surface area contributed by atoms with Crippen molar-refractivity contribution in [2.45, 2.75) is 138 Å². The molecule has 0 bridgehead atoms. The van der Waals surface area contributed by atoms with Crippen molar-refractivity contribution >= 4 is 11.9 Å². The highest BCUT2D eigenvalue weighted by Gasteiger charge is 2.27. The quantitative estimate of drug-likeness (QED) is 0.176. The predicted molar refractivity (Wildman–Crippen MR) is 151 cm³/mol. The average Bonchev–Trinajstić information content (AvgIpc) is 2.83. The highest BCUT2D eigenvalue weighted by Crippen LogP contribution is 2.42. The number of ether oxygens (including phenoxy) is 2. The van der Waals surface area contributed by atoms with Gasteiger partial charge >= 0.3 is 11.9 Å². The highest BCUT2D eigenvalue weighted by molar-refractivity contribution is 5.79. The molecule has 0 aliphatic carbocycles. The lowest BCUT2D eigenvalue weighted by Crippen LogP contribution is -2.25. The first-order valence-electron chi connectivity index (χ1n) is 14.7. The smallest absolute Gasteiger partial charge is 0.311 e. The highest BCUT2D eigenvalue weighted by atomic mass is 16.5. The second-order valence-electron chi connectivity index (χ2n) is 12.1. The number of esters is 1. The van der Waals surface area contributed by atoms with Crippen molar-refractivity contribution in [2.75, 3.05) is 0 Å². The Bertz CT molecular complexity index is 888. The number of carboxylic acids is 1. The van der Waals surface area contributed by atoms with Crippen molar-refractivity contribution in [1.82, 2.24) is 0 Å². The third-order valence-corrected chi connectivity index (χ3v) is 8.17. The minimum Gasteiger partial charge on any atom is -0.490 e. The Hall–Kier alpha value is -2.04. The van der Waals surface area contributed by atoms with Gasteiger partial charge in [-0.25, -0.2) is 0 Å². The zero-order valence-electron chi connectivity index (χ0n) is 24.6. The first-order chi connectivity index (χ1) is 17.5. The molecular formula is C32H52O5. The van der Waals surface area contributed by atoms with Crippen LogP contribution < -0.4 is 9.47 Å². The third kappa shape index (κ3) is 10.3. The van der Waals surface area contributed by atoms with Gasteiger partial charge in [-0.2, -0.15) is 0 Å². The summed E-state index contributed by atoms with van der Waals surface area (Å²) in [7, 11) is 0. The van der Waals surface area contributed by atoms with Crippen LogP contribution in [-0.4, -0.2) is 23.1 Å². The Morgan fingerprint density at radius 3 is 2.05 bits per heavy atom. The molecule has 1 N–H and O–H groups in total. The van der Waals surface area contributed by atoms with E-state index in [0.717, 1.165) is 65.0 Å². The standard InChI is InChI=1S/C32H52O5/c1-21(2)11-8-12-22(3)13-9-14-23(4)15-10-16-27-17-18-28-26(7)31(24(5)25(6)32(28)36-27)37-30(35)20-19-29(33)34/h21-23,27H,8-20H2,1-7H3,(H,33,34)/t22-,23-,27-/m1/s1. The number of fused-ring (bicyclic) bond motifs is 1.